The van der Waals surface area contributed by atoms with Crippen molar-refractivity contribution in [3.63, 3.8) is 0 Å². The van der Waals surface area contributed by atoms with E-state index in [4.69, 9.17) is 16.3 Å². The van der Waals surface area contributed by atoms with Crippen molar-refractivity contribution >= 4 is 41.2 Å². The highest BCUT2D eigenvalue weighted by atomic mass is 35.5. The van der Waals surface area contributed by atoms with Gasteiger partial charge in [-0.1, -0.05) is 40.9 Å². The molecule has 1 heterocycles. The molecule has 0 aromatic heterocycles. The van der Waals surface area contributed by atoms with Crippen molar-refractivity contribution in [1.82, 2.24) is 5.32 Å². The summed E-state index contributed by atoms with van der Waals surface area (Å²) < 4.78 is 5.57. The summed E-state index contributed by atoms with van der Waals surface area (Å²) in [6, 6.07) is 14.2. The van der Waals surface area contributed by atoms with Crippen LogP contribution in [0, 0.1) is 13.8 Å². The highest BCUT2D eigenvalue weighted by Crippen LogP contribution is 2.33. The fraction of sp³-hybridized carbons (Fsp3) is 0.148. The number of barbiturate groups is 1. The van der Waals surface area contributed by atoms with Gasteiger partial charge in [-0.2, -0.15) is 0 Å². The number of urea groups is 1. The minimum atomic E-state index is -0.873. The number of phenolic OH excluding ortho intramolecular Hbond substituents is 1. The lowest BCUT2D eigenvalue weighted by Crippen LogP contribution is -2.54. The van der Waals surface area contributed by atoms with E-state index in [0.29, 0.717) is 22.8 Å². The molecule has 2 N–H and O–H groups in total. The van der Waals surface area contributed by atoms with Crippen molar-refractivity contribution in [2.45, 2.75) is 20.3 Å². The Morgan fingerprint density at radius 2 is 1.66 bits per heavy atom. The van der Waals surface area contributed by atoms with E-state index in [1.165, 1.54) is 37.5 Å². The first-order valence-corrected chi connectivity index (χ1v) is 11.2. The fourth-order valence-corrected chi connectivity index (χ4v) is 4.39. The van der Waals surface area contributed by atoms with E-state index < -0.39 is 17.8 Å². The van der Waals surface area contributed by atoms with Gasteiger partial charge < -0.3 is 9.84 Å². The number of phenols is 1. The quantitative estimate of drug-likeness (QED) is 0.390. The predicted molar refractivity (Wildman–Crippen MR) is 134 cm³/mol. The number of hydrogen-bond acceptors (Lipinski definition) is 5. The van der Waals surface area contributed by atoms with Gasteiger partial charge in [-0.05, 0) is 67.4 Å². The Morgan fingerprint density at radius 1 is 1.00 bits per heavy atom. The fourth-order valence-electron chi connectivity index (χ4n) is 4.10. The summed E-state index contributed by atoms with van der Waals surface area (Å²) in [7, 11) is 1.53. The van der Waals surface area contributed by atoms with Gasteiger partial charge in [-0.3, -0.25) is 14.9 Å². The van der Waals surface area contributed by atoms with Crippen LogP contribution in [-0.2, 0) is 16.0 Å². The number of ether oxygens (including phenoxy) is 1. The minimum absolute atomic E-state index is 0.0203. The maximum atomic E-state index is 13.1. The van der Waals surface area contributed by atoms with E-state index in [0.717, 1.165) is 27.2 Å². The number of anilines is 1. The number of nitrogens with zero attached hydrogens (tertiary/aromatic N) is 1. The summed E-state index contributed by atoms with van der Waals surface area (Å²) in [5.41, 5.74) is 4.59. The lowest BCUT2D eigenvalue weighted by Gasteiger charge is -2.26. The summed E-state index contributed by atoms with van der Waals surface area (Å²) in [4.78, 5) is 38.8. The van der Waals surface area contributed by atoms with Crippen molar-refractivity contribution < 1.29 is 24.2 Å². The molecule has 35 heavy (non-hydrogen) atoms. The third kappa shape index (κ3) is 5.05. The summed E-state index contributed by atoms with van der Waals surface area (Å²) >= 11 is 6.61. The first kappa shape index (κ1) is 24.0. The third-order valence-corrected chi connectivity index (χ3v) is 5.92. The number of halogens is 1. The molecule has 3 aromatic carbocycles. The minimum Gasteiger partial charge on any atom is -0.508 e. The molecule has 7 nitrogen and oxygen atoms in total. The molecular weight excluding hydrogens is 468 g/mol. The van der Waals surface area contributed by atoms with Crippen LogP contribution >= 0.6 is 11.6 Å². The molecule has 0 saturated carbocycles. The van der Waals surface area contributed by atoms with Crippen molar-refractivity contribution in [3.8, 4) is 11.5 Å². The maximum Gasteiger partial charge on any atom is 0.335 e. The van der Waals surface area contributed by atoms with Crippen LogP contribution in [0.25, 0.3) is 6.08 Å². The van der Waals surface area contributed by atoms with E-state index in [-0.39, 0.29) is 17.0 Å². The molecule has 0 bridgehead atoms. The number of methoxy groups -OCH3 is 1. The van der Waals surface area contributed by atoms with Gasteiger partial charge >= 0.3 is 6.03 Å². The van der Waals surface area contributed by atoms with Gasteiger partial charge in [-0.25, -0.2) is 9.69 Å². The number of amides is 4. The van der Waals surface area contributed by atoms with Crippen LogP contribution in [0.2, 0.25) is 5.02 Å². The first-order chi connectivity index (χ1) is 16.7. The van der Waals surface area contributed by atoms with E-state index in [2.05, 4.69) is 23.5 Å². The van der Waals surface area contributed by atoms with E-state index in [9.17, 15) is 19.5 Å². The lowest BCUT2D eigenvalue weighted by molar-refractivity contribution is -0.122. The van der Waals surface area contributed by atoms with Crippen molar-refractivity contribution in [1.29, 1.82) is 0 Å². The summed E-state index contributed by atoms with van der Waals surface area (Å²) in [6.45, 7) is 4.06. The van der Waals surface area contributed by atoms with Crippen LogP contribution in [0.1, 0.15) is 27.8 Å². The van der Waals surface area contributed by atoms with Gasteiger partial charge in [0.25, 0.3) is 11.8 Å². The zero-order valence-electron chi connectivity index (χ0n) is 19.4. The second kappa shape index (κ2) is 9.64. The normalized spacial score (nSPS) is 14.9. The lowest BCUT2D eigenvalue weighted by atomic mass is 9.98. The number of imide groups is 2. The number of aromatic hydroxyl groups is 1. The number of rotatable bonds is 5. The highest BCUT2D eigenvalue weighted by Gasteiger charge is 2.36. The molecule has 0 unspecified atom stereocenters. The maximum absolute atomic E-state index is 13.1. The average molecular weight is 491 g/mol. The monoisotopic (exact) mass is 490 g/mol. The van der Waals surface area contributed by atoms with Crippen LogP contribution in [-0.4, -0.2) is 30.1 Å². The van der Waals surface area contributed by atoms with Crippen LogP contribution in [0.15, 0.2) is 60.2 Å². The zero-order chi connectivity index (χ0) is 25.3. The number of benzene rings is 3. The second-order valence-corrected chi connectivity index (χ2v) is 8.74. The van der Waals surface area contributed by atoms with Crippen LogP contribution < -0.4 is 15.0 Å². The Bertz CT molecular complexity index is 1360. The molecule has 1 saturated heterocycles. The number of nitrogens with one attached hydrogen (secondary N) is 1. The van der Waals surface area contributed by atoms with E-state index in [1.54, 1.807) is 12.1 Å². The summed E-state index contributed by atoms with van der Waals surface area (Å²) in [5.74, 6) is -1.12. The van der Waals surface area contributed by atoms with Gasteiger partial charge in [0.2, 0.25) is 0 Å². The third-order valence-electron chi connectivity index (χ3n) is 5.58. The Labute approximate surface area is 207 Å². The van der Waals surface area contributed by atoms with Crippen molar-refractivity contribution in [3.05, 3.63) is 93.0 Å². The standard InChI is InChI=1S/C27H23ClN2O5/c1-15-8-16(2)10-17(9-15)11-21-23(28)13-18(14-24(21)35-3)12-22-25(32)29-27(34)30(26(22)33)19-4-6-20(31)7-5-19/h4-10,12-14,31H,11H2,1-3H3,(H,29,32,34)/b22-12+. The molecule has 1 aliphatic heterocycles. The Kier molecular flexibility index (Phi) is 6.62. The molecule has 0 atom stereocenters. The number of hydrogen-bond donors (Lipinski definition) is 2. The van der Waals surface area contributed by atoms with Gasteiger partial charge in [0, 0.05) is 17.0 Å². The molecule has 4 rings (SSSR count). The second-order valence-electron chi connectivity index (χ2n) is 8.33. The van der Waals surface area contributed by atoms with Crippen molar-refractivity contribution in [2.75, 3.05) is 12.0 Å². The Balaban J connectivity index is 1.70. The molecule has 1 aliphatic rings. The van der Waals surface area contributed by atoms with Crippen LogP contribution in [0.4, 0.5) is 10.5 Å². The number of carbonyl (C=O) groups is 3. The highest BCUT2D eigenvalue weighted by molar-refractivity contribution is 6.39. The first-order valence-electron chi connectivity index (χ1n) is 10.8. The average Bonchev–Trinajstić information content (AvgIpc) is 2.78. The molecular formula is C27H23ClN2O5. The van der Waals surface area contributed by atoms with Crippen molar-refractivity contribution in [2.24, 2.45) is 0 Å². The Hall–Kier alpha value is -4.10. The van der Waals surface area contributed by atoms with Gasteiger partial charge in [0.05, 0.1) is 12.8 Å². The van der Waals surface area contributed by atoms with Crippen LogP contribution in [0.5, 0.6) is 11.5 Å². The van der Waals surface area contributed by atoms with E-state index >= 15 is 0 Å². The molecule has 4 amide bonds. The van der Waals surface area contributed by atoms with Gasteiger partial charge in [0.1, 0.15) is 17.1 Å². The largest absolute Gasteiger partial charge is 0.508 e. The smallest absolute Gasteiger partial charge is 0.335 e. The van der Waals surface area contributed by atoms with Gasteiger partial charge in [-0.15, -0.1) is 0 Å². The molecule has 178 valence electrons. The molecule has 0 radical (unpaired) electrons. The summed E-state index contributed by atoms with van der Waals surface area (Å²) in [6.07, 6.45) is 1.91. The summed E-state index contributed by atoms with van der Waals surface area (Å²) in [5, 5.41) is 12.1. The predicted octanol–water partition coefficient (Wildman–Crippen LogP) is 4.93. The molecule has 0 spiro atoms. The van der Waals surface area contributed by atoms with Gasteiger partial charge in [0.15, 0.2) is 0 Å². The number of aryl methyl sites for hydroxylation is 2. The molecule has 3 aromatic rings. The molecule has 8 heteroatoms. The molecule has 0 aliphatic carbocycles. The zero-order valence-corrected chi connectivity index (χ0v) is 20.1. The Morgan fingerprint density at radius 3 is 2.29 bits per heavy atom. The van der Waals surface area contributed by atoms with Crippen LogP contribution in [0.3, 0.4) is 0 Å². The topological polar surface area (TPSA) is 95.9 Å². The SMILES string of the molecule is COc1cc(/C=C2\C(=O)NC(=O)N(c3ccc(O)cc3)C2=O)cc(Cl)c1Cc1cc(C)cc(C)c1. The van der Waals surface area contributed by atoms with E-state index in [1.807, 2.05) is 13.8 Å². The molecule has 1 fully saturated rings. The number of carbonyl (C=O) groups excluding carboxylic acids is 3.